The Morgan fingerprint density at radius 3 is 2.13 bits per heavy atom. The minimum Gasteiger partial charge on any atom is -0.495 e. The van der Waals surface area contributed by atoms with E-state index < -0.39 is 11.0 Å². The van der Waals surface area contributed by atoms with Crippen LogP contribution < -0.4 is 14.4 Å². The van der Waals surface area contributed by atoms with Gasteiger partial charge >= 0.3 is 0 Å². The molecule has 1 aliphatic rings. The summed E-state index contributed by atoms with van der Waals surface area (Å²) in [6.07, 6.45) is 4.24. The van der Waals surface area contributed by atoms with Crippen LogP contribution in [0.4, 0.5) is 11.4 Å². The maximum absolute atomic E-state index is 12.2. The third-order valence-corrected chi connectivity index (χ3v) is 7.27. The predicted molar refractivity (Wildman–Crippen MR) is 161 cm³/mol. The Morgan fingerprint density at radius 2 is 1.55 bits per heavy atom. The summed E-state index contributed by atoms with van der Waals surface area (Å²) in [5, 5.41) is 0. The van der Waals surface area contributed by atoms with E-state index in [1.807, 2.05) is 55.5 Å². The van der Waals surface area contributed by atoms with Crippen molar-refractivity contribution in [2.24, 2.45) is 0 Å². The molecule has 1 fully saturated rings. The number of benzene rings is 3. The van der Waals surface area contributed by atoms with Crippen LogP contribution in [0.3, 0.4) is 0 Å². The van der Waals surface area contributed by atoms with E-state index in [0.717, 1.165) is 55.2 Å². The smallest absolute Gasteiger partial charge is 0.150 e. The van der Waals surface area contributed by atoms with Crippen LogP contribution in [0.2, 0.25) is 0 Å². The molecular weight excluding hydrogens is 494 g/mol. The van der Waals surface area contributed by atoms with Crippen molar-refractivity contribution in [1.29, 1.82) is 0 Å². The van der Waals surface area contributed by atoms with Crippen LogP contribution in [0, 0.1) is 6.92 Å². The van der Waals surface area contributed by atoms with Crippen molar-refractivity contribution in [1.82, 2.24) is 4.90 Å². The monoisotopic (exact) mass is 537 g/mol. The second-order valence-electron chi connectivity index (χ2n) is 9.18. The number of hydrogen-bond acceptors (Lipinski definition) is 5. The molecule has 6 nitrogen and oxygen atoms in total. The number of nitrogens with zero attached hydrogens (tertiary/aromatic N) is 2. The number of para-hydroxylation sites is 2. The van der Waals surface area contributed by atoms with Crippen molar-refractivity contribution in [3.05, 3.63) is 83.9 Å². The summed E-state index contributed by atoms with van der Waals surface area (Å²) in [6, 6.07) is 24.2. The predicted octanol–water partition coefficient (Wildman–Crippen LogP) is 6.12. The Bertz CT molecular complexity index is 1100. The van der Waals surface area contributed by atoms with Gasteiger partial charge in [-0.25, -0.2) is 4.21 Å². The van der Waals surface area contributed by atoms with E-state index >= 15 is 0 Å². The molecule has 38 heavy (non-hydrogen) atoms. The quantitative estimate of drug-likeness (QED) is 0.351. The Hall–Kier alpha value is -3.16. The first kappa shape index (κ1) is 31.1. The molecule has 0 saturated carbocycles. The van der Waals surface area contributed by atoms with Crippen molar-refractivity contribution in [2.75, 3.05) is 50.0 Å². The molecule has 3 aromatic rings. The van der Waals surface area contributed by atoms with E-state index in [1.165, 1.54) is 36.6 Å². The lowest BCUT2D eigenvalue weighted by Crippen LogP contribution is -2.44. The number of carbonyl (C=O) groups is 1. The number of nitrogens with one attached hydrogen (secondary N) is 1. The van der Waals surface area contributed by atoms with Gasteiger partial charge in [0.15, 0.2) is 0 Å². The van der Waals surface area contributed by atoms with Gasteiger partial charge in [-0.05, 0) is 75.7 Å². The summed E-state index contributed by atoms with van der Waals surface area (Å²) in [5.41, 5.74) is 4.60. The number of methoxy groups -OCH3 is 1. The molecule has 1 saturated heterocycles. The number of rotatable bonds is 8. The molecule has 0 amide bonds. The zero-order chi connectivity index (χ0) is 27.8. The van der Waals surface area contributed by atoms with E-state index in [1.54, 1.807) is 7.11 Å². The highest BCUT2D eigenvalue weighted by atomic mass is 32.2. The molecular formula is C31H43N3O3S. The number of likely N-dealkylation sites (N-methyl/N-ethyl adjacent to an activating group) is 1. The summed E-state index contributed by atoms with van der Waals surface area (Å²) in [4.78, 5) is 14.4. The fourth-order valence-electron chi connectivity index (χ4n) is 3.89. The molecule has 1 N–H and O–H groups in total. The molecule has 0 aromatic heterocycles. The minimum absolute atomic E-state index is 0.750. The third-order valence-electron chi connectivity index (χ3n) is 6.15. The number of unbranched alkanes of at least 4 members (excludes halogenated alkanes) is 1. The fraction of sp³-hybridized carbons (Fsp3) is 0.387. The van der Waals surface area contributed by atoms with Gasteiger partial charge in [0.25, 0.3) is 0 Å². The summed E-state index contributed by atoms with van der Waals surface area (Å²) in [7, 11) is 2.69. The molecule has 0 radical (unpaired) electrons. The van der Waals surface area contributed by atoms with Crippen molar-refractivity contribution in [3.63, 3.8) is 0 Å². The summed E-state index contributed by atoms with van der Waals surface area (Å²) >= 11 is 0. The largest absolute Gasteiger partial charge is 0.495 e. The summed E-state index contributed by atoms with van der Waals surface area (Å²) in [6.45, 7) is 10.1. The van der Waals surface area contributed by atoms with Crippen LogP contribution in [-0.2, 0) is 22.2 Å². The molecule has 1 heterocycles. The lowest BCUT2D eigenvalue weighted by molar-refractivity contribution is -0.106. The van der Waals surface area contributed by atoms with Crippen molar-refractivity contribution in [3.8, 4) is 5.75 Å². The topological polar surface area (TPSA) is 61.9 Å². The van der Waals surface area contributed by atoms with Crippen LogP contribution in [-0.4, -0.2) is 55.7 Å². The average Bonchev–Trinajstić information content (AvgIpc) is 2.94. The number of piperazine rings is 1. The van der Waals surface area contributed by atoms with Gasteiger partial charge < -0.3 is 24.1 Å². The van der Waals surface area contributed by atoms with Gasteiger partial charge in [0.2, 0.25) is 0 Å². The van der Waals surface area contributed by atoms with Crippen molar-refractivity contribution in [2.45, 2.75) is 44.9 Å². The van der Waals surface area contributed by atoms with Crippen LogP contribution in [0.1, 0.15) is 37.8 Å². The normalized spacial score (nSPS) is 13.8. The standard InChI is InChI=1S/C17H21NOS.C12H18N2O.C2H4O/c1-3-4-5-15-8-12-17(13-9-15)20(19)18-16-10-6-14(2)7-11-16;1-13-7-9-14(10-8-13)11-5-3-4-6-12(11)15-2;1-2-3/h6-13,18H,3-5H2,1-2H3;3-6H,7-10H2,1-2H3;2H,1H3. The SMILES string of the molecule is CC=O.CCCCc1ccc(S(=O)Nc2ccc(C)cc2)cc1.COc1ccccc1N1CCN(C)CC1. The molecule has 4 rings (SSSR count). The van der Waals surface area contributed by atoms with Crippen molar-refractivity contribution >= 4 is 28.6 Å². The van der Waals surface area contributed by atoms with Gasteiger partial charge in [-0.3, -0.25) is 0 Å². The van der Waals surface area contributed by atoms with Crippen molar-refractivity contribution < 1.29 is 13.7 Å². The lowest BCUT2D eigenvalue weighted by atomic mass is 10.1. The lowest BCUT2D eigenvalue weighted by Gasteiger charge is -2.34. The second kappa shape index (κ2) is 17.4. The van der Waals surface area contributed by atoms with Gasteiger partial charge in [-0.1, -0.05) is 55.3 Å². The number of aryl methyl sites for hydroxylation is 2. The minimum atomic E-state index is -1.20. The van der Waals surface area contributed by atoms with Gasteiger partial charge in [0.1, 0.15) is 23.0 Å². The molecule has 7 heteroatoms. The number of aldehydes is 1. The van der Waals surface area contributed by atoms with Crippen LogP contribution >= 0.6 is 0 Å². The Kier molecular flexibility index (Phi) is 14.2. The van der Waals surface area contributed by atoms with E-state index in [9.17, 15) is 4.21 Å². The number of hydrogen-bond donors (Lipinski definition) is 1. The van der Waals surface area contributed by atoms with Gasteiger partial charge in [0, 0.05) is 31.9 Å². The van der Waals surface area contributed by atoms with Crippen LogP contribution in [0.15, 0.2) is 77.7 Å². The molecule has 1 aliphatic heterocycles. The zero-order valence-electron chi connectivity index (χ0n) is 23.5. The highest BCUT2D eigenvalue weighted by Crippen LogP contribution is 2.28. The van der Waals surface area contributed by atoms with E-state index in [2.05, 4.69) is 52.8 Å². The first-order valence-electron chi connectivity index (χ1n) is 13.2. The molecule has 0 bridgehead atoms. The Balaban J connectivity index is 0.000000250. The molecule has 0 spiro atoms. The first-order chi connectivity index (χ1) is 18.4. The van der Waals surface area contributed by atoms with Crippen LogP contribution in [0.5, 0.6) is 5.75 Å². The average molecular weight is 538 g/mol. The fourth-order valence-corrected chi connectivity index (χ4v) is 4.74. The molecule has 0 aliphatic carbocycles. The molecule has 3 aromatic carbocycles. The summed E-state index contributed by atoms with van der Waals surface area (Å²) < 4.78 is 20.6. The third kappa shape index (κ3) is 10.7. The second-order valence-corrected chi connectivity index (χ2v) is 10.4. The number of anilines is 2. The Labute approximate surface area is 231 Å². The molecule has 206 valence electrons. The van der Waals surface area contributed by atoms with Gasteiger partial charge in [-0.15, -0.1) is 0 Å². The van der Waals surface area contributed by atoms with E-state index in [4.69, 9.17) is 9.53 Å². The maximum atomic E-state index is 12.2. The Morgan fingerprint density at radius 1 is 0.947 bits per heavy atom. The molecule has 1 unspecified atom stereocenters. The van der Waals surface area contributed by atoms with Gasteiger partial charge in [-0.2, -0.15) is 0 Å². The zero-order valence-corrected chi connectivity index (χ0v) is 24.3. The maximum Gasteiger partial charge on any atom is 0.150 e. The number of carbonyl (C=O) groups excluding carboxylic acids is 1. The highest BCUT2D eigenvalue weighted by Gasteiger charge is 2.16. The highest BCUT2D eigenvalue weighted by molar-refractivity contribution is 7.86. The van der Waals surface area contributed by atoms with Gasteiger partial charge in [0.05, 0.1) is 17.7 Å². The molecule has 1 atom stereocenters. The first-order valence-corrected chi connectivity index (χ1v) is 14.4. The van der Waals surface area contributed by atoms with Crippen LogP contribution in [0.25, 0.3) is 0 Å². The van der Waals surface area contributed by atoms with E-state index in [0.29, 0.717) is 0 Å². The number of ether oxygens (including phenoxy) is 1. The summed E-state index contributed by atoms with van der Waals surface area (Å²) in [5.74, 6) is 0.974. The van der Waals surface area contributed by atoms with E-state index in [-0.39, 0.29) is 0 Å².